The quantitative estimate of drug-likeness (QED) is 0.493. The third-order valence-corrected chi connectivity index (χ3v) is 5.55. The summed E-state index contributed by atoms with van der Waals surface area (Å²) in [5, 5.41) is 32.7. The summed E-state index contributed by atoms with van der Waals surface area (Å²) in [5.74, 6) is 0.591. The van der Waals surface area contributed by atoms with E-state index in [2.05, 4.69) is 24.8 Å². The second-order valence-electron chi connectivity index (χ2n) is 7.24. The highest BCUT2D eigenvalue weighted by atomic mass is 16.5. The number of aromatic nitrogens is 5. The van der Waals surface area contributed by atoms with Crippen LogP contribution >= 0.6 is 0 Å². The Morgan fingerprint density at radius 2 is 2.14 bits per heavy atom. The first-order chi connectivity index (χ1) is 13.7. The van der Waals surface area contributed by atoms with E-state index in [0.29, 0.717) is 29.9 Å². The van der Waals surface area contributed by atoms with Gasteiger partial charge in [0.1, 0.15) is 18.7 Å². The lowest BCUT2D eigenvalue weighted by molar-refractivity contribution is -0.0432. The van der Waals surface area contributed by atoms with Gasteiger partial charge in [0, 0.05) is 25.7 Å². The SMILES string of the molecule is OC[C@H]1O[C@@H](n2cnc3c(NCc4ccn5c4[C@H](O)CC5)ncnc32)C[C@@H]1O. The molecule has 0 amide bonds. The van der Waals surface area contributed by atoms with E-state index in [1.165, 1.54) is 6.33 Å². The van der Waals surface area contributed by atoms with Crippen LogP contribution in [0.3, 0.4) is 0 Å². The predicted molar refractivity (Wildman–Crippen MR) is 98.3 cm³/mol. The molecule has 0 aromatic carbocycles. The normalized spacial score (nSPS) is 26.8. The van der Waals surface area contributed by atoms with Crippen LogP contribution < -0.4 is 5.32 Å². The van der Waals surface area contributed by atoms with Crippen molar-refractivity contribution in [1.82, 2.24) is 24.1 Å². The molecule has 148 valence electrons. The van der Waals surface area contributed by atoms with Gasteiger partial charge in [0.15, 0.2) is 17.0 Å². The van der Waals surface area contributed by atoms with Crippen LogP contribution in [0.2, 0.25) is 0 Å². The Balaban J connectivity index is 1.39. The van der Waals surface area contributed by atoms with Crippen molar-refractivity contribution in [3.05, 3.63) is 36.2 Å². The summed E-state index contributed by atoms with van der Waals surface area (Å²) in [4.78, 5) is 13.0. The maximum atomic E-state index is 10.2. The van der Waals surface area contributed by atoms with E-state index in [4.69, 9.17) is 4.74 Å². The minimum atomic E-state index is -0.727. The highest BCUT2D eigenvalue weighted by Gasteiger charge is 2.35. The highest BCUT2D eigenvalue weighted by molar-refractivity contribution is 5.82. The van der Waals surface area contributed by atoms with E-state index in [-0.39, 0.29) is 6.61 Å². The van der Waals surface area contributed by atoms with Crippen LogP contribution in [0, 0.1) is 0 Å². The van der Waals surface area contributed by atoms with Gasteiger partial charge >= 0.3 is 0 Å². The second kappa shape index (κ2) is 6.82. The molecule has 5 heterocycles. The average molecular weight is 386 g/mol. The Kier molecular flexibility index (Phi) is 4.27. The third kappa shape index (κ3) is 2.76. The van der Waals surface area contributed by atoms with Gasteiger partial charge in [0.2, 0.25) is 0 Å². The van der Waals surface area contributed by atoms with E-state index in [0.717, 1.165) is 24.2 Å². The molecule has 10 heteroatoms. The average Bonchev–Trinajstić information content (AvgIpc) is 3.45. The number of nitrogens with one attached hydrogen (secondary N) is 1. The molecule has 10 nitrogen and oxygen atoms in total. The summed E-state index contributed by atoms with van der Waals surface area (Å²) in [6.07, 6.45) is 3.96. The lowest BCUT2D eigenvalue weighted by Gasteiger charge is -2.13. The zero-order chi connectivity index (χ0) is 19.3. The van der Waals surface area contributed by atoms with Crippen molar-refractivity contribution in [2.45, 2.75) is 50.5 Å². The van der Waals surface area contributed by atoms with Crippen LogP contribution in [0.5, 0.6) is 0 Å². The monoisotopic (exact) mass is 386 g/mol. The summed E-state index contributed by atoms with van der Waals surface area (Å²) >= 11 is 0. The van der Waals surface area contributed by atoms with Crippen LogP contribution in [-0.4, -0.2) is 58.2 Å². The molecule has 2 aliphatic rings. The lowest BCUT2D eigenvalue weighted by Crippen LogP contribution is -2.24. The molecule has 4 atom stereocenters. The molecule has 3 aromatic heterocycles. The Morgan fingerprint density at radius 1 is 1.25 bits per heavy atom. The van der Waals surface area contributed by atoms with Gasteiger partial charge in [-0.3, -0.25) is 4.57 Å². The number of hydrogen-bond donors (Lipinski definition) is 4. The Hall–Kier alpha value is -2.53. The Labute approximate surface area is 160 Å². The van der Waals surface area contributed by atoms with Crippen molar-refractivity contribution in [1.29, 1.82) is 0 Å². The van der Waals surface area contributed by atoms with Crippen molar-refractivity contribution >= 4 is 17.0 Å². The lowest BCUT2D eigenvalue weighted by atomic mass is 10.1. The van der Waals surface area contributed by atoms with Gasteiger partial charge in [-0.2, -0.15) is 0 Å². The summed E-state index contributed by atoms with van der Waals surface area (Å²) < 4.78 is 9.53. The summed E-state index contributed by atoms with van der Waals surface area (Å²) in [7, 11) is 0. The van der Waals surface area contributed by atoms with Crippen LogP contribution in [-0.2, 0) is 17.8 Å². The number of fused-ring (bicyclic) bond motifs is 2. The molecule has 3 aromatic rings. The van der Waals surface area contributed by atoms with E-state index in [9.17, 15) is 15.3 Å². The van der Waals surface area contributed by atoms with Crippen LogP contribution in [0.1, 0.15) is 36.4 Å². The van der Waals surface area contributed by atoms with E-state index < -0.39 is 24.5 Å². The standard InChI is InChI=1S/C18H22N6O4/c25-7-13-12(27)5-14(28-13)24-9-22-15-17(20-8-21-18(15)24)19-6-10-1-3-23-4-2-11(26)16(10)23/h1,3,8-9,11-14,25-27H,2,4-7H2,(H,19,20,21)/t11-,12+,13-,14-/m1/s1. The van der Waals surface area contributed by atoms with Gasteiger partial charge in [-0.05, 0) is 18.1 Å². The van der Waals surface area contributed by atoms with E-state index in [1.807, 2.05) is 12.3 Å². The molecule has 0 radical (unpaired) electrons. The minimum absolute atomic E-state index is 0.236. The molecule has 4 N–H and O–H groups in total. The van der Waals surface area contributed by atoms with Gasteiger partial charge in [-0.1, -0.05) is 0 Å². The number of imidazole rings is 1. The molecular weight excluding hydrogens is 364 g/mol. The van der Waals surface area contributed by atoms with Gasteiger partial charge in [0.25, 0.3) is 0 Å². The van der Waals surface area contributed by atoms with Crippen molar-refractivity contribution in [3.8, 4) is 0 Å². The highest BCUT2D eigenvalue weighted by Crippen LogP contribution is 2.32. The first-order valence-corrected chi connectivity index (χ1v) is 9.37. The molecule has 0 aliphatic carbocycles. The maximum Gasteiger partial charge on any atom is 0.167 e. The molecule has 2 aliphatic heterocycles. The fraction of sp³-hybridized carbons (Fsp3) is 0.500. The second-order valence-corrected chi connectivity index (χ2v) is 7.24. The summed E-state index contributed by atoms with van der Waals surface area (Å²) in [6.45, 7) is 1.12. The zero-order valence-corrected chi connectivity index (χ0v) is 15.1. The van der Waals surface area contributed by atoms with Gasteiger partial charge in [0.05, 0.1) is 30.8 Å². The fourth-order valence-corrected chi connectivity index (χ4v) is 4.10. The predicted octanol–water partition coefficient (Wildman–Crippen LogP) is 0.318. The molecule has 0 bridgehead atoms. The van der Waals surface area contributed by atoms with Crippen molar-refractivity contribution in [3.63, 3.8) is 0 Å². The maximum absolute atomic E-state index is 10.2. The number of aryl methyl sites for hydroxylation is 1. The number of ether oxygens (including phenoxy) is 1. The first kappa shape index (κ1) is 17.6. The number of nitrogens with zero attached hydrogens (tertiary/aromatic N) is 5. The van der Waals surface area contributed by atoms with Crippen LogP contribution in [0.4, 0.5) is 5.82 Å². The van der Waals surface area contributed by atoms with Crippen molar-refractivity contribution in [2.24, 2.45) is 0 Å². The van der Waals surface area contributed by atoms with E-state index >= 15 is 0 Å². The molecule has 0 saturated carbocycles. The van der Waals surface area contributed by atoms with Crippen LogP contribution in [0.25, 0.3) is 11.2 Å². The third-order valence-electron chi connectivity index (χ3n) is 5.55. The number of aliphatic hydroxyl groups is 3. The topological polar surface area (TPSA) is 130 Å². The zero-order valence-electron chi connectivity index (χ0n) is 15.1. The summed E-state index contributed by atoms with van der Waals surface area (Å²) in [6, 6.07) is 2.00. The summed E-state index contributed by atoms with van der Waals surface area (Å²) in [5.41, 5.74) is 3.18. The number of rotatable bonds is 5. The van der Waals surface area contributed by atoms with Crippen molar-refractivity contribution in [2.75, 3.05) is 11.9 Å². The van der Waals surface area contributed by atoms with Gasteiger partial charge < -0.3 is 29.9 Å². The van der Waals surface area contributed by atoms with Gasteiger partial charge in [-0.25, -0.2) is 15.0 Å². The largest absolute Gasteiger partial charge is 0.394 e. The molecule has 0 unspecified atom stereocenters. The number of anilines is 1. The van der Waals surface area contributed by atoms with Crippen molar-refractivity contribution < 1.29 is 20.1 Å². The number of aliphatic hydroxyl groups excluding tert-OH is 3. The molecule has 1 fully saturated rings. The smallest absolute Gasteiger partial charge is 0.167 e. The molecule has 5 rings (SSSR count). The van der Waals surface area contributed by atoms with E-state index in [1.54, 1.807) is 10.9 Å². The number of hydrogen-bond acceptors (Lipinski definition) is 8. The fourth-order valence-electron chi connectivity index (χ4n) is 4.10. The molecule has 28 heavy (non-hydrogen) atoms. The Morgan fingerprint density at radius 3 is 2.96 bits per heavy atom. The first-order valence-electron chi connectivity index (χ1n) is 9.37. The molecule has 1 saturated heterocycles. The molecule has 0 spiro atoms. The molecular formula is C18H22N6O4. The van der Waals surface area contributed by atoms with Crippen LogP contribution in [0.15, 0.2) is 24.9 Å². The minimum Gasteiger partial charge on any atom is -0.394 e. The Bertz CT molecular complexity index is 1000. The van der Waals surface area contributed by atoms with Gasteiger partial charge in [-0.15, -0.1) is 0 Å².